The molecule has 1 aromatic rings. The lowest BCUT2D eigenvalue weighted by atomic mass is 10.1. The van der Waals surface area contributed by atoms with E-state index in [4.69, 9.17) is 5.73 Å². The second-order valence-corrected chi connectivity index (χ2v) is 5.59. The molecule has 1 aliphatic carbocycles. The Morgan fingerprint density at radius 1 is 1.35 bits per heavy atom. The SMILES string of the molecule is Cc1ccccc1N(CCCN)CC(=O)N(C)C1CC1. The van der Waals surface area contributed by atoms with Gasteiger partial charge in [-0.15, -0.1) is 0 Å². The van der Waals surface area contributed by atoms with Gasteiger partial charge in [-0.3, -0.25) is 4.79 Å². The van der Waals surface area contributed by atoms with Crippen molar-refractivity contribution in [3.05, 3.63) is 29.8 Å². The van der Waals surface area contributed by atoms with Crippen molar-refractivity contribution in [3.63, 3.8) is 0 Å². The Morgan fingerprint density at radius 2 is 2.05 bits per heavy atom. The summed E-state index contributed by atoms with van der Waals surface area (Å²) in [6.45, 7) is 4.00. The van der Waals surface area contributed by atoms with Gasteiger partial charge in [0.1, 0.15) is 0 Å². The second kappa shape index (κ2) is 6.75. The van der Waals surface area contributed by atoms with Gasteiger partial charge in [0, 0.05) is 25.3 Å². The van der Waals surface area contributed by atoms with E-state index in [0.29, 0.717) is 19.1 Å². The maximum absolute atomic E-state index is 12.3. The summed E-state index contributed by atoms with van der Waals surface area (Å²) in [6, 6.07) is 8.68. The Labute approximate surface area is 121 Å². The average molecular weight is 275 g/mol. The van der Waals surface area contributed by atoms with Crippen LogP contribution in [0.25, 0.3) is 0 Å². The van der Waals surface area contributed by atoms with Crippen LogP contribution in [-0.4, -0.2) is 43.5 Å². The number of aryl methyl sites for hydroxylation is 1. The number of para-hydroxylation sites is 1. The average Bonchev–Trinajstić information content (AvgIpc) is 3.27. The van der Waals surface area contributed by atoms with E-state index in [1.54, 1.807) is 0 Å². The molecule has 0 radical (unpaired) electrons. The molecule has 0 unspecified atom stereocenters. The quantitative estimate of drug-likeness (QED) is 0.825. The number of hydrogen-bond donors (Lipinski definition) is 1. The van der Waals surface area contributed by atoms with Gasteiger partial charge in [0.15, 0.2) is 0 Å². The van der Waals surface area contributed by atoms with E-state index in [0.717, 1.165) is 31.5 Å². The Balaban J connectivity index is 2.06. The molecule has 4 heteroatoms. The van der Waals surface area contributed by atoms with Gasteiger partial charge in [-0.1, -0.05) is 18.2 Å². The Bertz CT molecular complexity index is 457. The first kappa shape index (κ1) is 14.9. The monoisotopic (exact) mass is 275 g/mol. The number of carbonyl (C=O) groups is 1. The van der Waals surface area contributed by atoms with E-state index in [1.165, 1.54) is 5.56 Å². The van der Waals surface area contributed by atoms with Crippen LogP contribution in [-0.2, 0) is 4.79 Å². The van der Waals surface area contributed by atoms with Crippen LogP contribution >= 0.6 is 0 Å². The molecule has 0 aliphatic heterocycles. The van der Waals surface area contributed by atoms with Crippen LogP contribution in [0.1, 0.15) is 24.8 Å². The molecule has 2 N–H and O–H groups in total. The molecular formula is C16H25N3O. The first-order valence-electron chi connectivity index (χ1n) is 7.39. The summed E-state index contributed by atoms with van der Waals surface area (Å²) >= 11 is 0. The smallest absolute Gasteiger partial charge is 0.242 e. The van der Waals surface area contributed by atoms with E-state index in [9.17, 15) is 4.79 Å². The van der Waals surface area contributed by atoms with Crippen molar-refractivity contribution in [2.24, 2.45) is 5.73 Å². The highest BCUT2D eigenvalue weighted by Gasteiger charge is 2.30. The molecule has 0 saturated heterocycles. The predicted octanol–water partition coefficient (Wildman–Crippen LogP) is 1.77. The summed E-state index contributed by atoms with van der Waals surface area (Å²) in [4.78, 5) is 16.4. The summed E-state index contributed by atoms with van der Waals surface area (Å²) in [6.07, 6.45) is 3.19. The van der Waals surface area contributed by atoms with Crippen molar-refractivity contribution in [2.45, 2.75) is 32.2 Å². The molecule has 0 atom stereocenters. The number of hydrogen-bond acceptors (Lipinski definition) is 3. The molecule has 1 fully saturated rings. The number of nitrogens with two attached hydrogens (primary N) is 1. The molecule has 1 saturated carbocycles. The van der Waals surface area contributed by atoms with Crippen molar-refractivity contribution in [2.75, 3.05) is 31.6 Å². The lowest BCUT2D eigenvalue weighted by molar-refractivity contribution is -0.128. The molecular weight excluding hydrogens is 250 g/mol. The third-order valence-electron chi connectivity index (χ3n) is 3.90. The van der Waals surface area contributed by atoms with Gasteiger partial charge in [0.05, 0.1) is 6.54 Å². The van der Waals surface area contributed by atoms with Crippen LogP contribution < -0.4 is 10.6 Å². The van der Waals surface area contributed by atoms with E-state index in [1.807, 2.05) is 24.1 Å². The number of benzene rings is 1. The number of anilines is 1. The number of carbonyl (C=O) groups excluding carboxylic acids is 1. The van der Waals surface area contributed by atoms with Gasteiger partial charge in [0.2, 0.25) is 5.91 Å². The number of rotatable bonds is 7. The molecule has 0 aromatic heterocycles. The van der Waals surface area contributed by atoms with E-state index in [2.05, 4.69) is 24.0 Å². The van der Waals surface area contributed by atoms with Crippen LogP contribution in [0.3, 0.4) is 0 Å². The van der Waals surface area contributed by atoms with E-state index >= 15 is 0 Å². The molecule has 1 aromatic carbocycles. The molecule has 1 aliphatic rings. The fourth-order valence-corrected chi connectivity index (χ4v) is 2.43. The lowest BCUT2D eigenvalue weighted by Crippen LogP contribution is -2.40. The van der Waals surface area contributed by atoms with Gasteiger partial charge >= 0.3 is 0 Å². The normalized spacial score (nSPS) is 14.2. The van der Waals surface area contributed by atoms with E-state index in [-0.39, 0.29) is 5.91 Å². The van der Waals surface area contributed by atoms with Crippen LogP contribution in [0.15, 0.2) is 24.3 Å². The lowest BCUT2D eigenvalue weighted by Gasteiger charge is -2.28. The third kappa shape index (κ3) is 3.73. The Kier molecular flexibility index (Phi) is 5.01. The number of nitrogens with zero attached hydrogens (tertiary/aromatic N) is 2. The largest absolute Gasteiger partial charge is 0.362 e. The summed E-state index contributed by atoms with van der Waals surface area (Å²) in [5.74, 6) is 0.202. The van der Waals surface area contributed by atoms with Gasteiger partial charge in [-0.05, 0) is 44.4 Å². The molecule has 20 heavy (non-hydrogen) atoms. The maximum atomic E-state index is 12.3. The van der Waals surface area contributed by atoms with Crippen molar-refractivity contribution in [1.29, 1.82) is 0 Å². The molecule has 2 rings (SSSR count). The number of amides is 1. The van der Waals surface area contributed by atoms with E-state index < -0.39 is 0 Å². The topological polar surface area (TPSA) is 49.6 Å². The van der Waals surface area contributed by atoms with Gasteiger partial charge in [0.25, 0.3) is 0 Å². The summed E-state index contributed by atoms with van der Waals surface area (Å²) in [7, 11) is 1.92. The molecule has 4 nitrogen and oxygen atoms in total. The van der Waals surface area contributed by atoms with Crippen LogP contribution in [0.5, 0.6) is 0 Å². The Hall–Kier alpha value is -1.55. The molecule has 0 bridgehead atoms. The fourth-order valence-electron chi connectivity index (χ4n) is 2.43. The molecule has 0 heterocycles. The second-order valence-electron chi connectivity index (χ2n) is 5.59. The summed E-state index contributed by atoms with van der Waals surface area (Å²) in [5, 5.41) is 0. The Morgan fingerprint density at radius 3 is 2.65 bits per heavy atom. The van der Waals surface area contributed by atoms with Gasteiger partial charge in [-0.2, -0.15) is 0 Å². The van der Waals surface area contributed by atoms with Crippen molar-refractivity contribution in [3.8, 4) is 0 Å². The van der Waals surface area contributed by atoms with Gasteiger partial charge < -0.3 is 15.5 Å². The maximum Gasteiger partial charge on any atom is 0.242 e. The number of likely N-dealkylation sites (N-methyl/N-ethyl adjacent to an activating group) is 1. The zero-order valence-corrected chi connectivity index (χ0v) is 12.5. The van der Waals surface area contributed by atoms with Gasteiger partial charge in [-0.25, -0.2) is 0 Å². The van der Waals surface area contributed by atoms with Crippen molar-refractivity contribution in [1.82, 2.24) is 4.90 Å². The zero-order valence-electron chi connectivity index (χ0n) is 12.5. The fraction of sp³-hybridized carbons (Fsp3) is 0.562. The summed E-state index contributed by atoms with van der Waals surface area (Å²) in [5.41, 5.74) is 7.96. The third-order valence-corrected chi connectivity index (χ3v) is 3.90. The summed E-state index contributed by atoms with van der Waals surface area (Å²) < 4.78 is 0. The zero-order chi connectivity index (χ0) is 14.5. The molecule has 0 spiro atoms. The van der Waals surface area contributed by atoms with Crippen LogP contribution in [0.4, 0.5) is 5.69 Å². The highest BCUT2D eigenvalue weighted by atomic mass is 16.2. The first-order chi connectivity index (χ1) is 9.63. The predicted molar refractivity (Wildman–Crippen MR) is 82.9 cm³/mol. The molecule has 1 amide bonds. The highest BCUT2D eigenvalue weighted by molar-refractivity contribution is 5.82. The minimum absolute atomic E-state index is 0.202. The standard InChI is InChI=1S/C16H25N3O/c1-13-6-3-4-7-15(13)19(11-5-10-17)12-16(20)18(2)14-8-9-14/h3-4,6-7,14H,5,8-12,17H2,1-2H3. The minimum atomic E-state index is 0.202. The van der Waals surface area contributed by atoms with Crippen LogP contribution in [0, 0.1) is 6.92 Å². The highest BCUT2D eigenvalue weighted by Crippen LogP contribution is 2.26. The van der Waals surface area contributed by atoms with Crippen LogP contribution in [0.2, 0.25) is 0 Å². The first-order valence-corrected chi connectivity index (χ1v) is 7.39. The molecule has 110 valence electrons. The van der Waals surface area contributed by atoms with Crippen molar-refractivity contribution >= 4 is 11.6 Å². The minimum Gasteiger partial charge on any atom is -0.362 e. The van der Waals surface area contributed by atoms with Crippen molar-refractivity contribution < 1.29 is 4.79 Å².